The molecule has 7 heteroatoms. The summed E-state index contributed by atoms with van der Waals surface area (Å²) in [6.45, 7) is 11.1. The molecule has 0 fully saturated rings. The van der Waals surface area contributed by atoms with Crippen molar-refractivity contribution in [2.75, 3.05) is 5.75 Å². The Bertz CT molecular complexity index is 678. The minimum Gasteiger partial charge on any atom is -0.469 e. The first-order chi connectivity index (χ1) is 11.4. The molecule has 0 saturated carbocycles. The topological polar surface area (TPSA) is 73.0 Å². The third kappa shape index (κ3) is 4.63. The summed E-state index contributed by atoms with van der Waals surface area (Å²) in [4.78, 5) is 12.0. The number of carbonyl (C=O) groups excluding carboxylic acids is 1. The van der Waals surface area contributed by atoms with Gasteiger partial charge in [-0.05, 0) is 32.3 Å². The average Bonchev–Trinajstić information content (AvgIpc) is 3.10. The number of furan rings is 1. The lowest BCUT2D eigenvalue weighted by molar-refractivity contribution is -0.119. The van der Waals surface area contributed by atoms with Crippen molar-refractivity contribution in [2.45, 2.75) is 58.8 Å². The van der Waals surface area contributed by atoms with Crippen LogP contribution in [0.25, 0.3) is 11.4 Å². The number of carbonyl (C=O) groups is 1. The quantitative estimate of drug-likeness (QED) is 0.738. The molecule has 132 valence electrons. The Balaban J connectivity index is 2.16. The van der Waals surface area contributed by atoms with Crippen LogP contribution in [0.1, 0.15) is 39.9 Å². The lowest BCUT2D eigenvalue weighted by atomic mass is 10.2. The van der Waals surface area contributed by atoms with Gasteiger partial charge in [-0.3, -0.25) is 4.79 Å². The maximum atomic E-state index is 12.0. The van der Waals surface area contributed by atoms with E-state index in [1.165, 1.54) is 11.8 Å². The minimum absolute atomic E-state index is 0.0227. The van der Waals surface area contributed by atoms with Crippen molar-refractivity contribution in [1.82, 2.24) is 20.1 Å². The number of nitrogens with zero attached hydrogens (tertiary/aromatic N) is 3. The number of nitrogens with one attached hydrogen (secondary N) is 1. The van der Waals surface area contributed by atoms with Crippen molar-refractivity contribution >= 4 is 17.7 Å². The Labute approximate surface area is 147 Å². The summed E-state index contributed by atoms with van der Waals surface area (Å²) >= 11 is 1.42. The zero-order valence-electron chi connectivity index (χ0n) is 15.0. The minimum atomic E-state index is 0.0227. The van der Waals surface area contributed by atoms with Crippen LogP contribution in [0, 0.1) is 12.8 Å². The Hall–Kier alpha value is -1.76. The van der Waals surface area contributed by atoms with E-state index in [0.29, 0.717) is 11.7 Å². The Morgan fingerprint density at radius 3 is 2.71 bits per heavy atom. The first kappa shape index (κ1) is 18.6. The molecule has 0 aliphatic rings. The number of hydrogen-bond donors (Lipinski definition) is 1. The molecular weight excluding hydrogens is 324 g/mol. The molecule has 2 heterocycles. The van der Waals surface area contributed by atoms with Gasteiger partial charge in [-0.25, -0.2) is 0 Å². The van der Waals surface area contributed by atoms with Crippen LogP contribution in [0.2, 0.25) is 0 Å². The fourth-order valence-corrected chi connectivity index (χ4v) is 3.05. The highest BCUT2D eigenvalue weighted by molar-refractivity contribution is 7.99. The fraction of sp³-hybridized carbons (Fsp3) is 0.588. The van der Waals surface area contributed by atoms with Crippen LogP contribution in [-0.4, -0.2) is 32.5 Å². The number of aryl methyl sites for hydroxylation is 1. The summed E-state index contributed by atoms with van der Waals surface area (Å²) in [5.74, 6) is 2.42. The van der Waals surface area contributed by atoms with Crippen molar-refractivity contribution in [3.05, 3.63) is 18.1 Å². The van der Waals surface area contributed by atoms with E-state index in [9.17, 15) is 4.79 Å². The molecule has 2 rings (SSSR count). The molecule has 2 aromatic rings. The third-order valence-electron chi connectivity index (χ3n) is 3.72. The lowest BCUT2D eigenvalue weighted by Crippen LogP contribution is -2.33. The highest BCUT2D eigenvalue weighted by atomic mass is 32.2. The van der Waals surface area contributed by atoms with Crippen LogP contribution in [0.3, 0.4) is 0 Å². The molecule has 0 radical (unpaired) electrons. The zero-order valence-corrected chi connectivity index (χ0v) is 15.8. The molecular formula is C17H26N4O2S. The summed E-state index contributed by atoms with van der Waals surface area (Å²) in [5, 5.41) is 12.4. The van der Waals surface area contributed by atoms with Crippen LogP contribution >= 0.6 is 11.8 Å². The van der Waals surface area contributed by atoms with Gasteiger partial charge in [0.05, 0.1) is 17.6 Å². The average molecular weight is 350 g/mol. The molecule has 0 unspecified atom stereocenters. The third-order valence-corrected chi connectivity index (χ3v) is 4.68. The Kier molecular flexibility index (Phi) is 6.48. The molecule has 0 bridgehead atoms. The number of aromatic nitrogens is 3. The normalized spacial score (nSPS) is 12.6. The van der Waals surface area contributed by atoms with Crippen molar-refractivity contribution in [1.29, 1.82) is 0 Å². The smallest absolute Gasteiger partial charge is 0.230 e. The van der Waals surface area contributed by atoms with Crippen LogP contribution in [0.15, 0.2) is 21.9 Å². The van der Waals surface area contributed by atoms with E-state index in [2.05, 4.69) is 40.9 Å². The maximum Gasteiger partial charge on any atom is 0.230 e. The molecule has 1 atom stereocenters. The van der Waals surface area contributed by atoms with E-state index in [0.717, 1.165) is 35.3 Å². The number of hydrogen-bond acceptors (Lipinski definition) is 5. The predicted molar refractivity (Wildman–Crippen MR) is 95.9 cm³/mol. The van der Waals surface area contributed by atoms with Gasteiger partial charge in [0.15, 0.2) is 11.0 Å². The van der Waals surface area contributed by atoms with Crippen molar-refractivity contribution in [3.8, 4) is 11.4 Å². The van der Waals surface area contributed by atoms with Gasteiger partial charge in [0.1, 0.15) is 5.76 Å². The van der Waals surface area contributed by atoms with Crippen molar-refractivity contribution in [3.63, 3.8) is 0 Å². The Morgan fingerprint density at radius 1 is 1.38 bits per heavy atom. The SMILES string of the molecule is CC[C@H](C)NC(=O)CSc1nnc(-c2ccoc2C)n1CC(C)C. The monoisotopic (exact) mass is 350 g/mol. The second kappa shape index (κ2) is 8.37. The zero-order chi connectivity index (χ0) is 17.7. The highest BCUT2D eigenvalue weighted by Gasteiger charge is 2.19. The largest absolute Gasteiger partial charge is 0.469 e. The molecule has 1 N–H and O–H groups in total. The lowest BCUT2D eigenvalue weighted by Gasteiger charge is -2.13. The summed E-state index contributed by atoms with van der Waals surface area (Å²) in [5.41, 5.74) is 0.944. The second-order valence-corrected chi connectivity index (χ2v) is 7.31. The fourth-order valence-electron chi connectivity index (χ4n) is 2.29. The van der Waals surface area contributed by atoms with Gasteiger partial charge >= 0.3 is 0 Å². The molecule has 0 aromatic carbocycles. The summed E-state index contributed by atoms with van der Waals surface area (Å²) in [6, 6.07) is 2.09. The Morgan fingerprint density at radius 2 is 2.12 bits per heavy atom. The number of rotatable bonds is 8. The van der Waals surface area contributed by atoms with E-state index in [-0.39, 0.29) is 11.9 Å². The number of amides is 1. The molecule has 24 heavy (non-hydrogen) atoms. The van der Waals surface area contributed by atoms with Gasteiger partial charge in [-0.1, -0.05) is 32.5 Å². The molecule has 1 amide bonds. The van der Waals surface area contributed by atoms with Crippen LogP contribution in [0.5, 0.6) is 0 Å². The first-order valence-corrected chi connectivity index (χ1v) is 9.30. The van der Waals surface area contributed by atoms with Crippen LogP contribution in [-0.2, 0) is 11.3 Å². The van der Waals surface area contributed by atoms with Gasteiger partial charge < -0.3 is 14.3 Å². The van der Waals surface area contributed by atoms with Gasteiger partial charge in [-0.15, -0.1) is 10.2 Å². The maximum absolute atomic E-state index is 12.0. The number of thioether (sulfide) groups is 1. The summed E-state index contributed by atoms with van der Waals surface area (Å²) in [7, 11) is 0. The summed E-state index contributed by atoms with van der Waals surface area (Å²) in [6.07, 6.45) is 2.58. The van der Waals surface area contributed by atoms with Crippen LogP contribution < -0.4 is 5.32 Å². The van der Waals surface area contributed by atoms with Gasteiger partial charge in [0.2, 0.25) is 5.91 Å². The molecule has 2 aromatic heterocycles. The molecule has 0 aliphatic heterocycles. The van der Waals surface area contributed by atoms with Gasteiger partial charge in [-0.2, -0.15) is 0 Å². The van der Waals surface area contributed by atoms with E-state index >= 15 is 0 Å². The summed E-state index contributed by atoms with van der Waals surface area (Å²) < 4.78 is 7.46. The van der Waals surface area contributed by atoms with Crippen molar-refractivity contribution < 1.29 is 9.21 Å². The molecule has 6 nitrogen and oxygen atoms in total. The predicted octanol–water partition coefficient (Wildman–Crippen LogP) is 3.51. The van der Waals surface area contributed by atoms with E-state index in [1.807, 2.05) is 19.9 Å². The van der Waals surface area contributed by atoms with Crippen LogP contribution in [0.4, 0.5) is 0 Å². The van der Waals surface area contributed by atoms with Gasteiger partial charge in [0.25, 0.3) is 0 Å². The first-order valence-electron chi connectivity index (χ1n) is 8.32. The van der Waals surface area contributed by atoms with Gasteiger partial charge in [0, 0.05) is 12.6 Å². The van der Waals surface area contributed by atoms with E-state index < -0.39 is 0 Å². The molecule has 0 aliphatic carbocycles. The highest BCUT2D eigenvalue weighted by Crippen LogP contribution is 2.27. The standard InChI is InChI=1S/C17H26N4O2S/c1-6-12(4)18-15(22)10-24-17-20-19-16(21(17)9-11(2)3)14-7-8-23-13(14)5/h7-8,11-12H,6,9-10H2,1-5H3,(H,18,22)/t12-/m0/s1. The molecule has 0 spiro atoms. The van der Waals surface area contributed by atoms with E-state index in [1.54, 1.807) is 6.26 Å². The second-order valence-electron chi connectivity index (χ2n) is 6.37. The van der Waals surface area contributed by atoms with Crippen molar-refractivity contribution in [2.24, 2.45) is 5.92 Å². The molecule has 0 saturated heterocycles. The van der Waals surface area contributed by atoms with E-state index in [4.69, 9.17) is 4.42 Å².